The number of rotatable bonds is 2. The first-order valence-electron chi connectivity index (χ1n) is 5.65. The molecule has 19 heavy (non-hydrogen) atoms. The number of halogens is 1. The molecule has 0 saturated heterocycles. The molecule has 0 radical (unpaired) electrons. The molecule has 0 bridgehead atoms. The average Bonchev–Trinajstić information content (AvgIpc) is 2.34. The van der Waals surface area contributed by atoms with Crippen molar-refractivity contribution in [2.24, 2.45) is 0 Å². The summed E-state index contributed by atoms with van der Waals surface area (Å²) in [5.74, 6) is -1.24. The van der Waals surface area contributed by atoms with Gasteiger partial charge in [0.25, 0.3) is 5.56 Å². The highest BCUT2D eigenvalue weighted by molar-refractivity contribution is 6.31. The zero-order valence-electron chi connectivity index (χ0n) is 10.5. The van der Waals surface area contributed by atoms with Crippen LogP contribution in [0.15, 0.2) is 35.1 Å². The van der Waals surface area contributed by atoms with Crippen LogP contribution in [0.2, 0.25) is 5.02 Å². The Kier molecular flexibility index (Phi) is 3.44. The molecule has 0 saturated carbocycles. The lowest BCUT2D eigenvalue weighted by Crippen LogP contribution is -2.27. The second-order valence-electron chi connectivity index (χ2n) is 4.22. The highest BCUT2D eigenvalue weighted by atomic mass is 35.5. The molecule has 0 spiro atoms. The first-order chi connectivity index (χ1) is 8.93. The van der Waals surface area contributed by atoms with Gasteiger partial charge in [-0.05, 0) is 43.7 Å². The maximum atomic E-state index is 12.2. The van der Waals surface area contributed by atoms with Crippen LogP contribution in [0.3, 0.4) is 0 Å². The molecule has 1 N–H and O–H groups in total. The van der Waals surface area contributed by atoms with Gasteiger partial charge in [-0.25, -0.2) is 4.79 Å². The molecule has 98 valence electrons. The third-order valence-corrected chi connectivity index (χ3v) is 3.40. The molecule has 5 heteroatoms. The van der Waals surface area contributed by atoms with Crippen LogP contribution in [0.5, 0.6) is 0 Å². The third-order valence-electron chi connectivity index (χ3n) is 2.99. The van der Waals surface area contributed by atoms with E-state index in [0.717, 1.165) is 5.56 Å². The molecule has 0 aliphatic carbocycles. The highest BCUT2D eigenvalue weighted by Gasteiger charge is 2.15. The quantitative estimate of drug-likeness (QED) is 0.918. The number of nitrogens with zero attached hydrogens (tertiary/aromatic N) is 1. The van der Waals surface area contributed by atoms with Crippen molar-refractivity contribution in [3.05, 3.63) is 62.5 Å². The summed E-state index contributed by atoms with van der Waals surface area (Å²) >= 11 is 6.04. The van der Waals surface area contributed by atoms with Gasteiger partial charge in [-0.15, -0.1) is 0 Å². The summed E-state index contributed by atoms with van der Waals surface area (Å²) in [7, 11) is 0. The van der Waals surface area contributed by atoms with Crippen LogP contribution < -0.4 is 5.56 Å². The molecule has 0 aliphatic rings. The molecule has 0 unspecified atom stereocenters. The molecule has 2 aromatic rings. The number of aryl methyl sites for hydroxylation is 1. The normalized spacial score (nSPS) is 10.5. The molecule has 1 aromatic carbocycles. The Morgan fingerprint density at radius 3 is 2.53 bits per heavy atom. The van der Waals surface area contributed by atoms with Crippen LogP contribution >= 0.6 is 11.6 Å². The third kappa shape index (κ3) is 2.27. The number of carbonyl (C=O) groups is 1. The zero-order valence-corrected chi connectivity index (χ0v) is 11.2. The van der Waals surface area contributed by atoms with Gasteiger partial charge in [0.1, 0.15) is 5.56 Å². The van der Waals surface area contributed by atoms with E-state index in [0.29, 0.717) is 16.4 Å². The lowest BCUT2D eigenvalue weighted by Gasteiger charge is -2.14. The molecule has 0 amide bonds. The summed E-state index contributed by atoms with van der Waals surface area (Å²) in [6.07, 6.45) is 0. The van der Waals surface area contributed by atoms with Crippen LogP contribution in [0, 0.1) is 13.8 Å². The minimum atomic E-state index is -1.24. The van der Waals surface area contributed by atoms with E-state index in [4.69, 9.17) is 16.7 Å². The second-order valence-corrected chi connectivity index (χ2v) is 4.63. The number of aromatic nitrogens is 1. The number of benzene rings is 1. The van der Waals surface area contributed by atoms with Gasteiger partial charge >= 0.3 is 5.97 Å². The first kappa shape index (κ1) is 13.4. The summed E-state index contributed by atoms with van der Waals surface area (Å²) in [6, 6.07) is 8.11. The molecular weight excluding hydrogens is 266 g/mol. The van der Waals surface area contributed by atoms with E-state index >= 15 is 0 Å². The Hall–Kier alpha value is -2.07. The van der Waals surface area contributed by atoms with Crippen molar-refractivity contribution in [1.82, 2.24) is 4.57 Å². The average molecular weight is 278 g/mol. The predicted molar refractivity (Wildman–Crippen MR) is 73.5 cm³/mol. The van der Waals surface area contributed by atoms with Gasteiger partial charge in [-0.1, -0.05) is 17.7 Å². The van der Waals surface area contributed by atoms with Crippen molar-refractivity contribution in [2.75, 3.05) is 0 Å². The van der Waals surface area contributed by atoms with Crippen molar-refractivity contribution in [3.8, 4) is 5.69 Å². The number of hydrogen-bond donors (Lipinski definition) is 1. The fourth-order valence-electron chi connectivity index (χ4n) is 1.93. The maximum absolute atomic E-state index is 12.2. The molecule has 1 aromatic heterocycles. The number of aromatic carboxylic acids is 1. The van der Waals surface area contributed by atoms with Crippen LogP contribution in [-0.4, -0.2) is 15.6 Å². The first-order valence-corrected chi connectivity index (χ1v) is 6.02. The van der Waals surface area contributed by atoms with Gasteiger partial charge in [-0.3, -0.25) is 9.36 Å². The lowest BCUT2D eigenvalue weighted by atomic mass is 10.1. The molecule has 1 heterocycles. The Morgan fingerprint density at radius 2 is 1.89 bits per heavy atom. The van der Waals surface area contributed by atoms with Crippen molar-refractivity contribution in [1.29, 1.82) is 0 Å². The summed E-state index contributed by atoms with van der Waals surface area (Å²) in [4.78, 5) is 23.3. The van der Waals surface area contributed by atoms with Gasteiger partial charge in [-0.2, -0.15) is 0 Å². The summed E-state index contributed by atoms with van der Waals surface area (Å²) in [5.41, 5.74) is 1.17. The highest BCUT2D eigenvalue weighted by Crippen LogP contribution is 2.22. The smallest absolute Gasteiger partial charge is 0.341 e. The number of carboxylic acid groups (broad SMARTS) is 1. The summed E-state index contributed by atoms with van der Waals surface area (Å²) in [5, 5.41) is 9.54. The Bertz CT molecular complexity index is 719. The molecule has 0 fully saturated rings. The predicted octanol–water partition coefficient (Wildman–Crippen LogP) is 2.81. The van der Waals surface area contributed by atoms with Crippen molar-refractivity contribution < 1.29 is 9.90 Å². The molecular formula is C14H12ClNO3. The Labute approximate surface area is 114 Å². The Morgan fingerprint density at radius 1 is 1.21 bits per heavy atom. The number of hydrogen-bond acceptors (Lipinski definition) is 2. The fraction of sp³-hybridized carbons (Fsp3) is 0.143. The molecule has 0 atom stereocenters. The standard InChI is InChI=1S/C14H12ClNO3/c1-8-6-7-10(14(18)19)13(17)16(8)12-5-3-4-11(15)9(12)2/h3-7H,1-2H3,(H,18,19). The minimum absolute atomic E-state index is 0.259. The van der Waals surface area contributed by atoms with E-state index in [1.54, 1.807) is 38.1 Å². The topological polar surface area (TPSA) is 59.3 Å². The minimum Gasteiger partial charge on any atom is -0.477 e. The zero-order chi connectivity index (χ0) is 14.2. The summed E-state index contributed by atoms with van der Waals surface area (Å²) < 4.78 is 1.37. The van der Waals surface area contributed by atoms with Gasteiger partial charge in [0, 0.05) is 10.7 Å². The largest absolute Gasteiger partial charge is 0.477 e. The van der Waals surface area contributed by atoms with Crippen LogP contribution in [-0.2, 0) is 0 Å². The van der Waals surface area contributed by atoms with Crippen LogP contribution in [0.25, 0.3) is 5.69 Å². The van der Waals surface area contributed by atoms with E-state index in [1.807, 2.05) is 0 Å². The van der Waals surface area contributed by atoms with E-state index < -0.39 is 11.5 Å². The van der Waals surface area contributed by atoms with Crippen molar-refractivity contribution >= 4 is 17.6 Å². The number of pyridine rings is 1. The SMILES string of the molecule is Cc1c(Cl)cccc1-n1c(C)ccc(C(=O)O)c1=O. The van der Waals surface area contributed by atoms with Gasteiger partial charge in [0.05, 0.1) is 5.69 Å². The van der Waals surface area contributed by atoms with Crippen molar-refractivity contribution in [2.45, 2.75) is 13.8 Å². The Balaban J connectivity index is 2.83. The van der Waals surface area contributed by atoms with E-state index in [-0.39, 0.29) is 5.56 Å². The maximum Gasteiger partial charge on any atom is 0.341 e. The van der Waals surface area contributed by atoms with E-state index in [1.165, 1.54) is 10.6 Å². The molecule has 2 rings (SSSR count). The van der Waals surface area contributed by atoms with E-state index in [2.05, 4.69) is 0 Å². The van der Waals surface area contributed by atoms with Gasteiger partial charge in [0.2, 0.25) is 0 Å². The number of carboxylic acids is 1. The van der Waals surface area contributed by atoms with Gasteiger partial charge in [0.15, 0.2) is 0 Å². The van der Waals surface area contributed by atoms with Crippen LogP contribution in [0.1, 0.15) is 21.6 Å². The summed E-state index contributed by atoms with van der Waals surface area (Å²) in [6.45, 7) is 3.53. The lowest BCUT2D eigenvalue weighted by molar-refractivity contribution is 0.0694. The fourth-order valence-corrected chi connectivity index (χ4v) is 2.10. The molecule has 4 nitrogen and oxygen atoms in total. The van der Waals surface area contributed by atoms with Gasteiger partial charge < -0.3 is 5.11 Å². The monoisotopic (exact) mass is 277 g/mol. The second kappa shape index (κ2) is 4.90. The van der Waals surface area contributed by atoms with Crippen LogP contribution in [0.4, 0.5) is 0 Å². The van der Waals surface area contributed by atoms with Crippen molar-refractivity contribution in [3.63, 3.8) is 0 Å². The van der Waals surface area contributed by atoms with E-state index in [9.17, 15) is 9.59 Å². The molecule has 0 aliphatic heterocycles.